The van der Waals surface area contributed by atoms with Crippen molar-refractivity contribution in [1.29, 1.82) is 0 Å². The van der Waals surface area contributed by atoms with Crippen molar-refractivity contribution < 1.29 is 13.2 Å². The average molecular weight is 371 g/mol. The molecule has 0 atom stereocenters. The van der Waals surface area contributed by atoms with E-state index >= 15 is 0 Å². The van der Waals surface area contributed by atoms with Crippen LogP contribution in [-0.2, 0) is 28.3 Å². The summed E-state index contributed by atoms with van der Waals surface area (Å²) < 4.78 is 25.8. The van der Waals surface area contributed by atoms with Gasteiger partial charge in [0, 0.05) is 51.9 Å². The highest BCUT2D eigenvalue weighted by molar-refractivity contribution is 7.88. The van der Waals surface area contributed by atoms with Gasteiger partial charge in [0.25, 0.3) is 5.56 Å². The van der Waals surface area contributed by atoms with Crippen molar-refractivity contribution in [3.8, 4) is 0 Å². The maximum Gasteiger partial charge on any atom is 0.256 e. The van der Waals surface area contributed by atoms with Crippen LogP contribution >= 0.6 is 0 Å². The zero-order valence-corrected chi connectivity index (χ0v) is 15.7. The fourth-order valence-electron chi connectivity index (χ4n) is 2.72. The van der Waals surface area contributed by atoms with Crippen molar-refractivity contribution in [2.24, 2.45) is 7.05 Å². The van der Waals surface area contributed by atoms with Crippen molar-refractivity contribution >= 4 is 15.9 Å². The highest BCUT2D eigenvalue weighted by atomic mass is 32.2. The number of aryl methyl sites for hydroxylation is 1. The number of hydrogen-bond acceptors (Lipinski definition) is 6. The molecule has 1 N–H and O–H groups in total. The third kappa shape index (κ3) is 5.35. The fraction of sp³-hybridized carbons (Fsp3) is 0.667. The van der Waals surface area contributed by atoms with Crippen LogP contribution in [0.5, 0.6) is 0 Å². The Bertz CT molecular complexity index is 782. The molecule has 1 aliphatic rings. The van der Waals surface area contributed by atoms with Crippen LogP contribution in [-0.4, -0.2) is 78.6 Å². The predicted molar refractivity (Wildman–Crippen MR) is 93.8 cm³/mol. The van der Waals surface area contributed by atoms with E-state index in [1.165, 1.54) is 21.5 Å². The molecule has 2 rings (SSSR count). The van der Waals surface area contributed by atoms with Crippen LogP contribution < -0.4 is 10.9 Å². The van der Waals surface area contributed by atoms with Crippen molar-refractivity contribution in [2.75, 3.05) is 45.5 Å². The smallest absolute Gasteiger partial charge is 0.256 e. The monoisotopic (exact) mass is 371 g/mol. The molecule has 1 amide bonds. The molecular weight excluding hydrogens is 346 g/mol. The van der Waals surface area contributed by atoms with E-state index in [1.54, 1.807) is 14.0 Å². The SMILES string of the molecule is Cc1c(CC(=O)NCCN2CCN(S(C)(=O)=O)CC2)ncn(C)c1=O. The lowest BCUT2D eigenvalue weighted by molar-refractivity contribution is -0.120. The van der Waals surface area contributed by atoms with E-state index in [0.29, 0.717) is 50.5 Å². The van der Waals surface area contributed by atoms with Crippen LogP contribution in [0.15, 0.2) is 11.1 Å². The molecule has 0 saturated carbocycles. The van der Waals surface area contributed by atoms with Crippen molar-refractivity contribution in [1.82, 2.24) is 24.1 Å². The van der Waals surface area contributed by atoms with E-state index in [2.05, 4.69) is 15.2 Å². The number of hydrogen-bond donors (Lipinski definition) is 1. The lowest BCUT2D eigenvalue weighted by Gasteiger charge is -2.33. The van der Waals surface area contributed by atoms with Gasteiger partial charge >= 0.3 is 0 Å². The Labute approximate surface area is 147 Å². The topological polar surface area (TPSA) is 105 Å². The van der Waals surface area contributed by atoms with Gasteiger partial charge in [-0.2, -0.15) is 4.31 Å². The second-order valence-electron chi connectivity index (χ2n) is 6.26. The first-order chi connectivity index (χ1) is 11.7. The Kier molecular flexibility index (Phi) is 6.31. The van der Waals surface area contributed by atoms with Crippen molar-refractivity contribution in [3.63, 3.8) is 0 Å². The number of nitrogens with zero attached hydrogens (tertiary/aromatic N) is 4. The van der Waals surface area contributed by atoms with Crippen LogP contribution in [0.4, 0.5) is 0 Å². The molecule has 0 spiro atoms. The van der Waals surface area contributed by atoms with Crippen LogP contribution in [0, 0.1) is 6.92 Å². The molecule has 25 heavy (non-hydrogen) atoms. The van der Waals surface area contributed by atoms with Crippen molar-refractivity contribution in [2.45, 2.75) is 13.3 Å². The summed E-state index contributed by atoms with van der Waals surface area (Å²) in [7, 11) is -1.51. The Morgan fingerprint density at radius 1 is 1.28 bits per heavy atom. The van der Waals surface area contributed by atoms with Crippen molar-refractivity contribution in [3.05, 3.63) is 27.9 Å². The molecule has 0 radical (unpaired) electrons. The van der Waals surface area contributed by atoms with Gasteiger partial charge in [0.1, 0.15) is 0 Å². The van der Waals surface area contributed by atoms with Gasteiger partial charge in [-0.25, -0.2) is 13.4 Å². The number of amides is 1. The molecule has 9 nitrogen and oxygen atoms in total. The molecule has 0 unspecified atom stereocenters. The molecule has 1 saturated heterocycles. The van der Waals surface area contributed by atoms with E-state index < -0.39 is 10.0 Å². The molecule has 10 heteroatoms. The van der Waals surface area contributed by atoms with Crippen LogP contribution in [0.3, 0.4) is 0 Å². The summed E-state index contributed by atoms with van der Waals surface area (Å²) in [6.45, 7) is 5.05. The third-order valence-electron chi connectivity index (χ3n) is 4.34. The maximum atomic E-state index is 12.0. The van der Waals surface area contributed by atoms with E-state index in [1.807, 2.05) is 0 Å². The van der Waals surface area contributed by atoms with Gasteiger partial charge in [0.15, 0.2) is 0 Å². The highest BCUT2D eigenvalue weighted by Crippen LogP contribution is 2.05. The van der Waals surface area contributed by atoms with Gasteiger partial charge in [-0.15, -0.1) is 0 Å². The number of carbonyl (C=O) groups excluding carboxylic acids is 1. The van der Waals surface area contributed by atoms with E-state index in [9.17, 15) is 18.0 Å². The van der Waals surface area contributed by atoms with Gasteiger partial charge in [0.05, 0.1) is 24.7 Å². The maximum absolute atomic E-state index is 12.0. The summed E-state index contributed by atoms with van der Waals surface area (Å²) >= 11 is 0. The summed E-state index contributed by atoms with van der Waals surface area (Å²) in [6.07, 6.45) is 2.71. The Morgan fingerprint density at radius 2 is 1.92 bits per heavy atom. The molecule has 140 valence electrons. The predicted octanol–water partition coefficient (Wildman–Crippen LogP) is -1.68. The van der Waals surface area contributed by atoms with Gasteiger partial charge in [0.2, 0.25) is 15.9 Å². The second-order valence-corrected chi connectivity index (χ2v) is 8.25. The summed E-state index contributed by atoms with van der Waals surface area (Å²) in [6, 6.07) is 0. The summed E-state index contributed by atoms with van der Waals surface area (Å²) in [5.41, 5.74) is 0.820. The molecule has 0 aliphatic carbocycles. The van der Waals surface area contributed by atoms with E-state index in [4.69, 9.17) is 0 Å². The summed E-state index contributed by atoms with van der Waals surface area (Å²) in [5.74, 6) is -0.182. The minimum absolute atomic E-state index is 0.0732. The number of piperazine rings is 1. The van der Waals surface area contributed by atoms with Crippen LogP contribution in [0.25, 0.3) is 0 Å². The number of aromatic nitrogens is 2. The highest BCUT2D eigenvalue weighted by Gasteiger charge is 2.23. The lowest BCUT2D eigenvalue weighted by atomic mass is 10.2. The van der Waals surface area contributed by atoms with Crippen LogP contribution in [0.2, 0.25) is 0 Å². The Balaban J connectivity index is 1.75. The molecule has 0 aromatic carbocycles. The van der Waals surface area contributed by atoms with Gasteiger partial charge < -0.3 is 9.88 Å². The van der Waals surface area contributed by atoms with Gasteiger partial charge in [-0.3, -0.25) is 14.5 Å². The van der Waals surface area contributed by atoms with E-state index in [0.717, 1.165) is 0 Å². The Hall–Kier alpha value is -1.78. The number of nitrogens with one attached hydrogen (secondary N) is 1. The van der Waals surface area contributed by atoms with Gasteiger partial charge in [-0.1, -0.05) is 0 Å². The minimum Gasteiger partial charge on any atom is -0.354 e. The molecule has 1 aliphatic heterocycles. The summed E-state index contributed by atoms with van der Waals surface area (Å²) in [5, 5.41) is 2.82. The lowest BCUT2D eigenvalue weighted by Crippen LogP contribution is -2.50. The second kappa shape index (κ2) is 8.07. The first kappa shape index (κ1) is 19.5. The Morgan fingerprint density at radius 3 is 2.52 bits per heavy atom. The van der Waals surface area contributed by atoms with Crippen LogP contribution in [0.1, 0.15) is 11.3 Å². The molecule has 0 bridgehead atoms. The molecule has 1 aromatic heterocycles. The minimum atomic E-state index is -3.13. The average Bonchev–Trinajstić information content (AvgIpc) is 2.55. The zero-order chi connectivity index (χ0) is 18.6. The number of rotatable bonds is 6. The molecular formula is C15H25N5O4S. The third-order valence-corrected chi connectivity index (χ3v) is 5.64. The first-order valence-electron chi connectivity index (χ1n) is 8.14. The molecule has 1 fully saturated rings. The fourth-order valence-corrected chi connectivity index (χ4v) is 3.55. The first-order valence-corrected chi connectivity index (χ1v) is 9.98. The standard InChI is InChI=1S/C15H25N5O4S/c1-12-13(17-11-18(2)15(12)22)10-14(21)16-4-5-19-6-8-20(9-7-19)25(3,23)24/h11H,4-10H2,1-3H3,(H,16,21). The normalized spacial score (nSPS) is 16.8. The quantitative estimate of drug-likeness (QED) is 0.641. The molecule has 1 aromatic rings. The number of sulfonamides is 1. The van der Waals surface area contributed by atoms with Gasteiger partial charge in [-0.05, 0) is 6.92 Å². The molecule has 2 heterocycles. The zero-order valence-electron chi connectivity index (χ0n) is 14.9. The number of carbonyl (C=O) groups is 1. The summed E-state index contributed by atoms with van der Waals surface area (Å²) in [4.78, 5) is 30.1. The van der Waals surface area contributed by atoms with E-state index in [-0.39, 0.29) is 17.9 Å². The largest absolute Gasteiger partial charge is 0.354 e.